The highest BCUT2D eigenvalue weighted by Gasteiger charge is 2.05. The molecule has 92 valence electrons. The predicted molar refractivity (Wildman–Crippen MR) is 62.4 cm³/mol. The van der Waals surface area contributed by atoms with Crippen LogP contribution in [0.3, 0.4) is 0 Å². The molecule has 0 fully saturated rings. The smallest absolute Gasteiger partial charge is 0.165 e. The molecule has 0 aromatic heterocycles. The first-order valence-electron chi connectivity index (χ1n) is 5.30. The van der Waals surface area contributed by atoms with Gasteiger partial charge in [0.05, 0.1) is 20.0 Å². The number of benzene rings is 1. The predicted octanol–water partition coefficient (Wildman–Crippen LogP) is 2.50. The molecule has 0 bridgehead atoms. The molecule has 0 aliphatic carbocycles. The van der Waals surface area contributed by atoms with Crippen LogP contribution in [0.5, 0.6) is 5.75 Å². The van der Waals surface area contributed by atoms with Gasteiger partial charge in [0.25, 0.3) is 0 Å². The zero-order valence-corrected chi connectivity index (χ0v) is 9.90. The Morgan fingerprint density at radius 3 is 2.88 bits per heavy atom. The minimum Gasteiger partial charge on any atom is -0.501 e. The Bertz CT molecular complexity index is 413. The van der Waals surface area contributed by atoms with Crippen molar-refractivity contribution in [1.29, 1.82) is 0 Å². The molecule has 0 saturated carbocycles. The Balaban J connectivity index is 2.65. The number of ketones is 1. The van der Waals surface area contributed by atoms with E-state index in [4.69, 9.17) is 9.47 Å². The van der Waals surface area contributed by atoms with Gasteiger partial charge in [0, 0.05) is 12.5 Å². The van der Waals surface area contributed by atoms with E-state index in [1.54, 1.807) is 6.07 Å². The van der Waals surface area contributed by atoms with Crippen LogP contribution in [0, 0.1) is 5.82 Å². The van der Waals surface area contributed by atoms with Crippen molar-refractivity contribution >= 4 is 5.78 Å². The summed E-state index contributed by atoms with van der Waals surface area (Å²) in [5.41, 5.74) is 0.703. The van der Waals surface area contributed by atoms with E-state index in [2.05, 4.69) is 0 Å². The van der Waals surface area contributed by atoms with Crippen molar-refractivity contribution in [3.05, 3.63) is 41.9 Å². The van der Waals surface area contributed by atoms with Gasteiger partial charge >= 0.3 is 0 Å². The maximum Gasteiger partial charge on any atom is 0.165 e. The summed E-state index contributed by atoms with van der Waals surface area (Å²) < 4.78 is 22.9. The second-order valence-electron chi connectivity index (χ2n) is 3.37. The summed E-state index contributed by atoms with van der Waals surface area (Å²) in [4.78, 5) is 11.5. The number of halogens is 1. The summed E-state index contributed by atoms with van der Waals surface area (Å²) in [5, 5.41) is 0. The lowest BCUT2D eigenvalue weighted by atomic mass is 10.1. The molecule has 0 radical (unpaired) electrons. The lowest BCUT2D eigenvalue weighted by Gasteiger charge is -2.04. The van der Waals surface area contributed by atoms with Crippen LogP contribution in [0.25, 0.3) is 0 Å². The van der Waals surface area contributed by atoms with Gasteiger partial charge in [-0.25, -0.2) is 4.39 Å². The van der Waals surface area contributed by atoms with Gasteiger partial charge in [0.15, 0.2) is 17.3 Å². The van der Waals surface area contributed by atoms with Gasteiger partial charge in [-0.15, -0.1) is 0 Å². The van der Waals surface area contributed by atoms with Gasteiger partial charge in [-0.05, 0) is 24.6 Å². The first-order chi connectivity index (χ1) is 8.17. The topological polar surface area (TPSA) is 35.5 Å². The molecule has 0 aliphatic heterocycles. The SMILES string of the molecule is CCO/C=C/C(=O)Cc1ccc(F)c(OC)c1. The van der Waals surface area contributed by atoms with Gasteiger partial charge in [-0.1, -0.05) is 6.07 Å². The van der Waals surface area contributed by atoms with Crippen molar-refractivity contribution in [2.75, 3.05) is 13.7 Å². The Morgan fingerprint density at radius 2 is 2.24 bits per heavy atom. The number of carbonyl (C=O) groups is 1. The van der Waals surface area contributed by atoms with E-state index in [0.29, 0.717) is 12.2 Å². The average Bonchev–Trinajstić information content (AvgIpc) is 2.32. The van der Waals surface area contributed by atoms with Gasteiger partial charge in [-0.2, -0.15) is 0 Å². The highest BCUT2D eigenvalue weighted by molar-refractivity contribution is 5.91. The fraction of sp³-hybridized carbons (Fsp3) is 0.308. The molecule has 0 amide bonds. The molecule has 0 unspecified atom stereocenters. The third-order valence-electron chi connectivity index (χ3n) is 2.11. The van der Waals surface area contributed by atoms with Gasteiger partial charge in [0.1, 0.15) is 0 Å². The number of carbonyl (C=O) groups excluding carboxylic acids is 1. The molecule has 0 heterocycles. The Labute approximate surface area is 99.9 Å². The monoisotopic (exact) mass is 238 g/mol. The first kappa shape index (κ1) is 13.2. The molecule has 3 nitrogen and oxygen atoms in total. The van der Waals surface area contributed by atoms with Crippen LogP contribution in [0.2, 0.25) is 0 Å². The summed E-state index contributed by atoms with van der Waals surface area (Å²) in [6.07, 6.45) is 2.92. The number of hydrogen-bond donors (Lipinski definition) is 0. The Morgan fingerprint density at radius 1 is 1.47 bits per heavy atom. The number of ether oxygens (including phenoxy) is 2. The van der Waals surface area contributed by atoms with E-state index in [1.165, 1.54) is 31.6 Å². The van der Waals surface area contributed by atoms with Crippen LogP contribution in [0.1, 0.15) is 12.5 Å². The minimum absolute atomic E-state index is 0.105. The zero-order chi connectivity index (χ0) is 12.7. The zero-order valence-electron chi connectivity index (χ0n) is 9.90. The number of allylic oxidation sites excluding steroid dienone is 1. The molecule has 0 saturated heterocycles. The van der Waals surface area contributed by atoms with E-state index in [-0.39, 0.29) is 18.0 Å². The van der Waals surface area contributed by atoms with Crippen molar-refractivity contribution in [3.8, 4) is 5.75 Å². The third kappa shape index (κ3) is 4.26. The van der Waals surface area contributed by atoms with Crippen LogP contribution in [0.4, 0.5) is 4.39 Å². The highest BCUT2D eigenvalue weighted by atomic mass is 19.1. The maximum absolute atomic E-state index is 13.1. The van der Waals surface area contributed by atoms with Crippen molar-refractivity contribution < 1.29 is 18.7 Å². The molecular weight excluding hydrogens is 223 g/mol. The summed E-state index contributed by atoms with van der Waals surface area (Å²) in [6.45, 7) is 2.35. The van der Waals surface area contributed by atoms with E-state index in [9.17, 15) is 9.18 Å². The number of methoxy groups -OCH3 is 1. The maximum atomic E-state index is 13.1. The van der Waals surface area contributed by atoms with E-state index < -0.39 is 5.82 Å². The quantitative estimate of drug-likeness (QED) is 0.564. The lowest BCUT2D eigenvalue weighted by Crippen LogP contribution is -2.00. The largest absolute Gasteiger partial charge is 0.501 e. The van der Waals surface area contributed by atoms with Crippen molar-refractivity contribution in [1.82, 2.24) is 0 Å². The highest BCUT2D eigenvalue weighted by Crippen LogP contribution is 2.18. The fourth-order valence-corrected chi connectivity index (χ4v) is 1.29. The van der Waals surface area contributed by atoms with Gasteiger partial charge in [-0.3, -0.25) is 4.79 Å². The summed E-state index contributed by atoms with van der Waals surface area (Å²) in [7, 11) is 1.39. The number of hydrogen-bond acceptors (Lipinski definition) is 3. The van der Waals surface area contributed by atoms with Crippen molar-refractivity contribution in [3.63, 3.8) is 0 Å². The van der Waals surface area contributed by atoms with Gasteiger partial charge in [0.2, 0.25) is 0 Å². The molecule has 1 aromatic rings. The molecule has 0 aliphatic rings. The summed E-state index contributed by atoms with van der Waals surface area (Å²) in [5.74, 6) is -0.398. The second kappa shape index (κ2) is 6.68. The lowest BCUT2D eigenvalue weighted by molar-refractivity contribution is -0.114. The van der Waals surface area contributed by atoms with Crippen LogP contribution in [-0.2, 0) is 16.0 Å². The summed E-state index contributed by atoms with van der Waals surface area (Å²) in [6, 6.07) is 4.36. The van der Waals surface area contributed by atoms with E-state index >= 15 is 0 Å². The second-order valence-corrected chi connectivity index (χ2v) is 3.37. The molecule has 4 heteroatoms. The normalized spacial score (nSPS) is 10.5. The first-order valence-corrected chi connectivity index (χ1v) is 5.30. The molecule has 0 N–H and O–H groups in total. The van der Waals surface area contributed by atoms with E-state index in [0.717, 1.165) is 0 Å². The van der Waals surface area contributed by atoms with Crippen LogP contribution in [-0.4, -0.2) is 19.5 Å². The number of rotatable bonds is 6. The van der Waals surface area contributed by atoms with E-state index in [1.807, 2.05) is 6.92 Å². The molecule has 1 aromatic carbocycles. The molecule has 0 atom stereocenters. The average molecular weight is 238 g/mol. The Hall–Kier alpha value is -1.84. The van der Waals surface area contributed by atoms with Gasteiger partial charge < -0.3 is 9.47 Å². The van der Waals surface area contributed by atoms with Crippen LogP contribution < -0.4 is 4.74 Å². The van der Waals surface area contributed by atoms with Crippen molar-refractivity contribution in [2.24, 2.45) is 0 Å². The minimum atomic E-state index is -0.437. The molecule has 0 spiro atoms. The van der Waals surface area contributed by atoms with Crippen LogP contribution >= 0.6 is 0 Å². The summed E-state index contributed by atoms with van der Waals surface area (Å²) >= 11 is 0. The van der Waals surface area contributed by atoms with Crippen molar-refractivity contribution in [2.45, 2.75) is 13.3 Å². The van der Waals surface area contributed by atoms with Crippen LogP contribution in [0.15, 0.2) is 30.5 Å². The Kier molecular flexibility index (Phi) is 5.20. The molecular formula is C13H15FO3. The fourth-order valence-electron chi connectivity index (χ4n) is 1.29. The molecule has 1 rings (SSSR count). The standard InChI is InChI=1S/C13H15FO3/c1-3-17-7-6-11(15)8-10-4-5-12(14)13(9-10)16-2/h4-7,9H,3,8H2,1-2H3/b7-6+. The third-order valence-corrected chi connectivity index (χ3v) is 2.11. The molecule has 17 heavy (non-hydrogen) atoms.